The molecule has 0 aromatic rings. The molecule has 2 unspecified atom stereocenters. The smallest absolute Gasteiger partial charge is 0.312 e. The fourth-order valence-electron chi connectivity index (χ4n) is 2.17. The first-order valence-electron chi connectivity index (χ1n) is 10.3. The zero-order chi connectivity index (χ0) is 22.5. The number of hydrogen-bond donors (Lipinski definition) is 4. The van der Waals surface area contributed by atoms with Crippen LogP contribution in [0.1, 0.15) is 80.1 Å². The number of amides is 3. The van der Waals surface area contributed by atoms with Crippen LogP contribution >= 0.6 is 0 Å². The topological polar surface area (TPSA) is 130 Å². The van der Waals surface area contributed by atoms with Gasteiger partial charge in [0.25, 0.3) is 0 Å². The van der Waals surface area contributed by atoms with Crippen molar-refractivity contribution in [2.75, 3.05) is 13.6 Å². The van der Waals surface area contributed by atoms with Gasteiger partial charge in [-0.15, -0.1) is 0 Å². The molecule has 5 N–H and O–H groups in total. The second-order valence-corrected chi connectivity index (χ2v) is 6.07. The number of primary amides is 1. The van der Waals surface area contributed by atoms with Gasteiger partial charge in [0.15, 0.2) is 5.78 Å². The van der Waals surface area contributed by atoms with Crippen LogP contribution in [-0.2, 0) is 14.4 Å². The third-order valence-electron chi connectivity index (χ3n) is 3.54. The number of urea groups is 1. The molecule has 0 heterocycles. The Kier molecular flexibility index (Phi) is 23.4. The Balaban J connectivity index is -0.00000113. The molecule has 0 fully saturated rings. The minimum atomic E-state index is -0.616. The first kappa shape index (κ1) is 30.8. The van der Waals surface area contributed by atoms with Crippen molar-refractivity contribution in [1.82, 2.24) is 16.0 Å². The molecule has 0 aliphatic heterocycles. The Morgan fingerprint density at radius 1 is 0.964 bits per heavy atom. The van der Waals surface area contributed by atoms with Crippen LogP contribution in [0.5, 0.6) is 0 Å². The molecule has 28 heavy (non-hydrogen) atoms. The number of nitrogens with two attached hydrogens (primary N) is 1. The first-order chi connectivity index (χ1) is 13.2. The normalized spacial score (nSPS) is 11.5. The lowest BCUT2D eigenvalue weighted by Crippen LogP contribution is -2.42. The largest absolute Gasteiger partial charge is 0.352 e. The molecule has 0 rings (SSSR count). The molecule has 0 aromatic heterocycles. The molecule has 166 valence electrons. The highest BCUT2D eigenvalue weighted by Gasteiger charge is 2.20. The molecule has 0 bridgehead atoms. The van der Waals surface area contributed by atoms with E-state index in [0.717, 1.165) is 0 Å². The Morgan fingerprint density at radius 2 is 1.50 bits per heavy atom. The fourth-order valence-corrected chi connectivity index (χ4v) is 2.17. The van der Waals surface area contributed by atoms with Crippen LogP contribution in [0.25, 0.3) is 0 Å². The van der Waals surface area contributed by atoms with Crippen LogP contribution in [0.2, 0.25) is 0 Å². The zero-order valence-corrected chi connectivity index (χ0v) is 18.8. The third kappa shape index (κ3) is 18.8. The van der Waals surface area contributed by atoms with Gasteiger partial charge in [-0.1, -0.05) is 41.0 Å². The average Bonchev–Trinajstić information content (AvgIpc) is 2.65. The Morgan fingerprint density at radius 3 is 1.89 bits per heavy atom. The van der Waals surface area contributed by atoms with Gasteiger partial charge in [-0.2, -0.15) is 0 Å². The van der Waals surface area contributed by atoms with Gasteiger partial charge >= 0.3 is 6.03 Å². The standard InChI is InChI=1S/C15H28N4O4.C3H8.C2H6/c1-4-13(21)12(6-5-9-18-15(16)23)19-14(22)8-7-11(17-3)10(2)20;1-3-2;1-2/h11-12,17H,4-9H2,1-3H3,(H,19,22)(H3,16,18,23);3H2,1-2H3;1-2H3. The summed E-state index contributed by atoms with van der Waals surface area (Å²) in [7, 11) is 1.67. The molecule has 8 nitrogen and oxygen atoms in total. The number of carbonyl (C=O) groups excluding carboxylic acids is 4. The number of likely N-dealkylation sites (N-methyl/N-ethyl adjacent to an activating group) is 1. The highest BCUT2D eigenvalue weighted by molar-refractivity contribution is 5.89. The molecule has 0 aromatic carbocycles. The van der Waals surface area contributed by atoms with Gasteiger partial charge in [0.1, 0.15) is 5.78 Å². The van der Waals surface area contributed by atoms with Crippen LogP contribution in [-0.4, -0.2) is 49.2 Å². The van der Waals surface area contributed by atoms with E-state index in [1.165, 1.54) is 13.3 Å². The van der Waals surface area contributed by atoms with Crippen LogP contribution < -0.4 is 21.7 Å². The molecule has 3 amide bonds. The summed E-state index contributed by atoms with van der Waals surface area (Å²) in [4.78, 5) is 45.7. The van der Waals surface area contributed by atoms with Gasteiger partial charge in [-0.3, -0.25) is 14.4 Å². The van der Waals surface area contributed by atoms with Crippen molar-refractivity contribution in [2.24, 2.45) is 5.73 Å². The first-order valence-corrected chi connectivity index (χ1v) is 10.3. The number of ketones is 2. The molecular formula is C20H42N4O4. The van der Waals surface area contributed by atoms with E-state index < -0.39 is 12.1 Å². The molecule has 8 heteroatoms. The molecule has 0 radical (unpaired) electrons. The SMILES string of the molecule is CC.CCC.CCC(=O)C(CCCNC(N)=O)NC(=O)CCC(NC)C(C)=O. The lowest BCUT2D eigenvalue weighted by atomic mass is 10.0. The molecule has 0 aliphatic carbocycles. The lowest BCUT2D eigenvalue weighted by Gasteiger charge is -2.18. The third-order valence-corrected chi connectivity index (χ3v) is 3.54. The van der Waals surface area contributed by atoms with Crippen molar-refractivity contribution in [3.8, 4) is 0 Å². The fraction of sp³-hybridized carbons (Fsp3) is 0.800. The molecule has 0 saturated carbocycles. The minimum absolute atomic E-state index is 0.0287. The van der Waals surface area contributed by atoms with E-state index in [1.54, 1.807) is 14.0 Å². The highest BCUT2D eigenvalue weighted by atomic mass is 16.2. The summed E-state index contributed by atoms with van der Waals surface area (Å²) in [6.07, 6.45) is 3.08. The van der Waals surface area contributed by atoms with Gasteiger partial charge in [-0.25, -0.2) is 4.79 Å². The lowest BCUT2D eigenvalue weighted by molar-refractivity contribution is -0.128. The summed E-state index contributed by atoms with van der Waals surface area (Å²) < 4.78 is 0. The van der Waals surface area contributed by atoms with E-state index in [-0.39, 0.29) is 29.9 Å². The Labute approximate surface area is 170 Å². The van der Waals surface area contributed by atoms with Gasteiger partial charge in [0.05, 0.1) is 12.1 Å². The van der Waals surface area contributed by atoms with Gasteiger partial charge in [0, 0.05) is 19.4 Å². The van der Waals surface area contributed by atoms with E-state index in [9.17, 15) is 19.2 Å². The Bertz CT molecular complexity index is 442. The van der Waals surface area contributed by atoms with Gasteiger partial charge < -0.3 is 21.7 Å². The second-order valence-electron chi connectivity index (χ2n) is 6.07. The predicted octanol–water partition coefficient (Wildman–Crippen LogP) is 2.30. The average molecular weight is 403 g/mol. The minimum Gasteiger partial charge on any atom is -0.352 e. The molecule has 2 atom stereocenters. The van der Waals surface area contributed by atoms with E-state index in [2.05, 4.69) is 29.8 Å². The van der Waals surface area contributed by atoms with Crippen LogP contribution in [0.15, 0.2) is 0 Å². The quantitative estimate of drug-likeness (QED) is 0.372. The number of rotatable bonds is 12. The Hall–Kier alpha value is -1.96. The van der Waals surface area contributed by atoms with E-state index in [0.29, 0.717) is 32.2 Å². The highest BCUT2D eigenvalue weighted by Crippen LogP contribution is 2.04. The number of Topliss-reactive ketones (excluding diaryl/α,β-unsaturated/α-hetero) is 2. The number of hydrogen-bond acceptors (Lipinski definition) is 5. The molecular weight excluding hydrogens is 360 g/mol. The summed E-state index contributed by atoms with van der Waals surface area (Å²) in [5, 5.41) is 7.99. The van der Waals surface area contributed by atoms with E-state index in [4.69, 9.17) is 5.73 Å². The molecule has 0 aliphatic rings. The van der Waals surface area contributed by atoms with Crippen molar-refractivity contribution in [3.63, 3.8) is 0 Å². The maximum absolute atomic E-state index is 12.0. The maximum Gasteiger partial charge on any atom is 0.312 e. The summed E-state index contributed by atoms with van der Waals surface area (Å²) in [5.74, 6) is -0.352. The summed E-state index contributed by atoms with van der Waals surface area (Å²) in [6, 6.07) is -1.55. The zero-order valence-electron chi connectivity index (χ0n) is 18.8. The van der Waals surface area contributed by atoms with Crippen molar-refractivity contribution < 1.29 is 19.2 Å². The molecule has 0 spiro atoms. The van der Waals surface area contributed by atoms with E-state index >= 15 is 0 Å². The van der Waals surface area contributed by atoms with Crippen LogP contribution in [0.3, 0.4) is 0 Å². The number of nitrogens with one attached hydrogen (secondary N) is 3. The number of carbonyl (C=O) groups is 4. The van der Waals surface area contributed by atoms with Gasteiger partial charge in [0.2, 0.25) is 5.91 Å². The summed E-state index contributed by atoms with van der Waals surface area (Å²) >= 11 is 0. The summed E-state index contributed by atoms with van der Waals surface area (Å²) in [5.41, 5.74) is 4.96. The van der Waals surface area contributed by atoms with Crippen molar-refractivity contribution in [1.29, 1.82) is 0 Å². The monoisotopic (exact) mass is 402 g/mol. The van der Waals surface area contributed by atoms with Crippen molar-refractivity contribution in [3.05, 3.63) is 0 Å². The van der Waals surface area contributed by atoms with Crippen LogP contribution in [0.4, 0.5) is 4.79 Å². The maximum atomic E-state index is 12.0. The van der Waals surface area contributed by atoms with Crippen molar-refractivity contribution in [2.45, 2.75) is 92.2 Å². The predicted molar refractivity (Wildman–Crippen MR) is 114 cm³/mol. The molecule has 0 saturated heterocycles. The van der Waals surface area contributed by atoms with Crippen LogP contribution in [0, 0.1) is 0 Å². The van der Waals surface area contributed by atoms with Crippen molar-refractivity contribution >= 4 is 23.5 Å². The summed E-state index contributed by atoms with van der Waals surface area (Å²) in [6.45, 7) is 11.8. The second kappa shape index (κ2) is 21.3. The van der Waals surface area contributed by atoms with E-state index in [1.807, 2.05) is 13.8 Å². The van der Waals surface area contributed by atoms with Gasteiger partial charge in [-0.05, 0) is 33.2 Å².